The Morgan fingerprint density at radius 2 is 1.92 bits per heavy atom. The monoisotopic (exact) mass is 412 g/mol. The van der Waals surface area contributed by atoms with E-state index in [-0.39, 0.29) is 48.6 Å². The lowest BCUT2D eigenvalue weighted by Gasteiger charge is -2.20. The van der Waals surface area contributed by atoms with E-state index in [0.717, 1.165) is 13.0 Å². The molecule has 1 aromatic carbocycles. The summed E-state index contributed by atoms with van der Waals surface area (Å²) in [6, 6.07) is 6.36. The SMILES string of the molecule is CN1CCCN(S(=O)(=O)c2cccc(NC(=O)CCN)c2)CC1.Cl.Cl. The number of sulfonamides is 1. The number of benzene rings is 1. The first-order valence-electron chi connectivity index (χ1n) is 7.72. The molecule has 1 heterocycles. The van der Waals surface area contributed by atoms with Crippen LogP contribution in [0, 0.1) is 0 Å². The van der Waals surface area contributed by atoms with Gasteiger partial charge >= 0.3 is 0 Å². The van der Waals surface area contributed by atoms with Crippen molar-refractivity contribution in [3.63, 3.8) is 0 Å². The molecule has 0 radical (unpaired) electrons. The molecule has 2 rings (SSSR count). The zero-order valence-electron chi connectivity index (χ0n) is 14.2. The number of nitrogens with one attached hydrogen (secondary N) is 1. The van der Waals surface area contributed by atoms with Crippen LogP contribution < -0.4 is 11.1 Å². The third-order valence-corrected chi connectivity index (χ3v) is 5.70. The molecule has 1 saturated heterocycles. The summed E-state index contributed by atoms with van der Waals surface area (Å²) in [7, 11) is -1.56. The second-order valence-corrected chi connectivity index (χ2v) is 7.61. The van der Waals surface area contributed by atoms with Crippen LogP contribution in [-0.2, 0) is 14.8 Å². The second-order valence-electron chi connectivity index (χ2n) is 5.68. The molecular formula is C15H26Cl2N4O3S. The highest BCUT2D eigenvalue weighted by molar-refractivity contribution is 7.89. The number of carbonyl (C=O) groups is 1. The summed E-state index contributed by atoms with van der Waals surface area (Å²) >= 11 is 0. The van der Waals surface area contributed by atoms with Gasteiger partial charge in [-0.2, -0.15) is 4.31 Å². The van der Waals surface area contributed by atoms with Crippen LogP contribution in [0.2, 0.25) is 0 Å². The first kappa shape index (κ1) is 24.1. The number of likely N-dealkylation sites (N-methyl/N-ethyl adjacent to an activating group) is 1. The molecule has 7 nitrogen and oxygen atoms in total. The van der Waals surface area contributed by atoms with Crippen LogP contribution in [0.15, 0.2) is 29.2 Å². The summed E-state index contributed by atoms with van der Waals surface area (Å²) in [6.45, 7) is 2.84. The van der Waals surface area contributed by atoms with Crippen LogP contribution >= 0.6 is 24.8 Å². The van der Waals surface area contributed by atoms with Gasteiger partial charge in [-0.3, -0.25) is 4.79 Å². The fourth-order valence-corrected chi connectivity index (χ4v) is 4.02. The molecule has 0 aliphatic carbocycles. The topological polar surface area (TPSA) is 95.7 Å². The van der Waals surface area contributed by atoms with Gasteiger partial charge in [-0.25, -0.2) is 8.42 Å². The maximum Gasteiger partial charge on any atom is 0.243 e. The molecule has 0 bridgehead atoms. The normalized spacial score (nSPS) is 16.2. The minimum Gasteiger partial charge on any atom is -0.330 e. The Kier molecular flexibility index (Phi) is 10.6. The standard InChI is InChI=1S/C15H24N4O3S.2ClH/c1-18-8-3-9-19(11-10-18)23(21,22)14-5-2-4-13(12-14)17-15(20)6-7-16;;/h2,4-5,12H,3,6-11,16H2,1H3,(H,17,20);2*1H. The minimum absolute atomic E-state index is 0. The van der Waals surface area contributed by atoms with Crippen LogP contribution in [0.1, 0.15) is 12.8 Å². The molecule has 0 saturated carbocycles. The van der Waals surface area contributed by atoms with Crippen LogP contribution in [-0.4, -0.2) is 63.3 Å². The molecule has 25 heavy (non-hydrogen) atoms. The van der Waals surface area contributed by atoms with Crippen molar-refractivity contribution in [2.75, 3.05) is 45.1 Å². The number of nitrogens with zero attached hydrogens (tertiary/aromatic N) is 2. The highest BCUT2D eigenvalue weighted by atomic mass is 35.5. The Morgan fingerprint density at radius 3 is 2.60 bits per heavy atom. The lowest BCUT2D eigenvalue weighted by Crippen LogP contribution is -2.34. The Morgan fingerprint density at radius 1 is 1.20 bits per heavy atom. The highest BCUT2D eigenvalue weighted by Crippen LogP contribution is 2.21. The molecule has 1 amide bonds. The van der Waals surface area contributed by atoms with Crippen LogP contribution in [0.3, 0.4) is 0 Å². The van der Waals surface area contributed by atoms with Gasteiger partial charge in [0.2, 0.25) is 15.9 Å². The van der Waals surface area contributed by atoms with Crippen molar-refractivity contribution in [2.24, 2.45) is 5.73 Å². The zero-order valence-corrected chi connectivity index (χ0v) is 16.6. The minimum atomic E-state index is -3.55. The second kappa shape index (κ2) is 10.9. The van der Waals surface area contributed by atoms with Gasteiger partial charge in [0.1, 0.15) is 0 Å². The van der Waals surface area contributed by atoms with E-state index < -0.39 is 10.0 Å². The number of halogens is 2. The molecule has 1 aliphatic heterocycles. The highest BCUT2D eigenvalue weighted by Gasteiger charge is 2.26. The van der Waals surface area contributed by atoms with Gasteiger partial charge in [0, 0.05) is 38.3 Å². The molecule has 0 aromatic heterocycles. The van der Waals surface area contributed by atoms with Gasteiger partial charge in [0.25, 0.3) is 0 Å². The van der Waals surface area contributed by atoms with E-state index in [4.69, 9.17) is 5.73 Å². The molecule has 1 fully saturated rings. The van der Waals surface area contributed by atoms with E-state index in [2.05, 4.69) is 10.2 Å². The summed E-state index contributed by atoms with van der Waals surface area (Å²) in [6.07, 6.45) is 1.01. The summed E-state index contributed by atoms with van der Waals surface area (Å²) in [5, 5.41) is 2.67. The molecule has 3 N–H and O–H groups in total. The van der Waals surface area contributed by atoms with Crippen LogP contribution in [0.4, 0.5) is 5.69 Å². The van der Waals surface area contributed by atoms with E-state index >= 15 is 0 Å². The van der Waals surface area contributed by atoms with E-state index in [1.165, 1.54) is 10.4 Å². The number of rotatable bonds is 5. The molecule has 144 valence electrons. The lowest BCUT2D eigenvalue weighted by molar-refractivity contribution is -0.116. The molecule has 1 aliphatic rings. The maximum atomic E-state index is 12.8. The molecule has 0 spiro atoms. The Balaban J connectivity index is 0.00000288. The summed E-state index contributed by atoms with van der Waals surface area (Å²) in [5.74, 6) is -0.224. The molecule has 0 atom stereocenters. The number of nitrogens with two attached hydrogens (primary N) is 1. The predicted molar refractivity (Wildman–Crippen MR) is 104 cm³/mol. The number of hydrogen-bond acceptors (Lipinski definition) is 5. The quantitative estimate of drug-likeness (QED) is 0.755. The van der Waals surface area contributed by atoms with E-state index in [9.17, 15) is 13.2 Å². The largest absolute Gasteiger partial charge is 0.330 e. The van der Waals surface area contributed by atoms with Gasteiger partial charge in [-0.05, 0) is 38.2 Å². The third-order valence-electron chi connectivity index (χ3n) is 3.81. The molecule has 1 aromatic rings. The van der Waals surface area contributed by atoms with Crippen molar-refractivity contribution in [2.45, 2.75) is 17.7 Å². The number of carbonyl (C=O) groups excluding carboxylic acids is 1. The van der Waals surface area contributed by atoms with Crippen molar-refractivity contribution in [1.82, 2.24) is 9.21 Å². The number of amides is 1. The molecule has 0 unspecified atom stereocenters. The summed E-state index contributed by atoms with van der Waals surface area (Å²) in [4.78, 5) is 13.9. The lowest BCUT2D eigenvalue weighted by atomic mass is 10.3. The average Bonchev–Trinajstić information content (AvgIpc) is 2.73. The van der Waals surface area contributed by atoms with E-state index in [1.54, 1.807) is 18.2 Å². The van der Waals surface area contributed by atoms with E-state index in [0.29, 0.717) is 25.3 Å². The Hall–Kier alpha value is -0.900. The predicted octanol–water partition coefficient (Wildman–Crippen LogP) is 1.14. The van der Waals surface area contributed by atoms with Crippen molar-refractivity contribution >= 4 is 46.4 Å². The Bertz CT molecular complexity index is 658. The summed E-state index contributed by atoms with van der Waals surface area (Å²) in [5.41, 5.74) is 5.81. The fourth-order valence-electron chi connectivity index (χ4n) is 2.50. The van der Waals surface area contributed by atoms with Gasteiger partial charge < -0.3 is 16.0 Å². The smallest absolute Gasteiger partial charge is 0.243 e. The van der Waals surface area contributed by atoms with Crippen LogP contribution in [0.5, 0.6) is 0 Å². The van der Waals surface area contributed by atoms with Crippen LogP contribution in [0.25, 0.3) is 0 Å². The first-order valence-corrected chi connectivity index (χ1v) is 9.16. The number of anilines is 1. The van der Waals surface area contributed by atoms with Crippen molar-refractivity contribution < 1.29 is 13.2 Å². The zero-order chi connectivity index (χ0) is 16.9. The third kappa shape index (κ3) is 6.73. The fraction of sp³-hybridized carbons (Fsp3) is 0.533. The molecular weight excluding hydrogens is 387 g/mol. The molecule has 10 heteroatoms. The Labute approximate surface area is 161 Å². The summed E-state index contributed by atoms with van der Waals surface area (Å²) < 4.78 is 27.1. The van der Waals surface area contributed by atoms with Crippen molar-refractivity contribution in [3.05, 3.63) is 24.3 Å². The van der Waals surface area contributed by atoms with Crippen molar-refractivity contribution in [3.8, 4) is 0 Å². The van der Waals surface area contributed by atoms with Gasteiger partial charge in [-0.1, -0.05) is 6.07 Å². The average molecular weight is 413 g/mol. The number of hydrogen-bond donors (Lipinski definition) is 2. The van der Waals surface area contributed by atoms with Crippen molar-refractivity contribution in [1.29, 1.82) is 0 Å². The first-order chi connectivity index (χ1) is 10.9. The van der Waals surface area contributed by atoms with E-state index in [1.807, 2.05) is 7.05 Å². The van der Waals surface area contributed by atoms with Gasteiger partial charge in [-0.15, -0.1) is 24.8 Å². The van der Waals surface area contributed by atoms with Gasteiger partial charge in [0.15, 0.2) is 0 Å². The maximum absolute atomic E-state index is 12.8. The van der Waals surface area contributed by atoms with Gasteiger partial charge in [0.05, 0.1) is 4.90 Å².